The normalized spacial score (nSPS) is 19.5. The van der Waals surface area contributed by atoms with E-state index in [1.807, 2.05) is 30.3 Å². The maximum atomic E-state index is 12.3. The van der Waals surface area contributed by atoms with Gasteiger partial charge < -0.3 is 9.84 Å². The van der Waals surface area contributed by atoms with Crippen LogP contribution < -0.4 is 4.74 Å². The lowest BCUT2D eigenvalue weighted by atomic mass is 9.84. The van der Waals surface area contributed by atoms with Crippen LogP contribution >= 0.6 is 23.2 Å². The number of aryl methyl sites for hydroxylation is 1. The van der Waals surface area contributed by atoms with E-state index in [1.165, 1.54) is 30.4 Å². The molecular formula is C34H37Cl2FO2. The third-order valence-corrected chi connectivity index (χ3v) is 9.03. The highest BCUT2D eigenvalue weighted by atomic mass is 35.5. The Hall–Kier alpha value is -2.49. The molecule has 5 heteroatoms. The number of phenolic OH excluding ortho intramolecular Hbond substituents is 1. The van der Waals surface area contributed by atoms with Crippen molar-refractivity contribution in [2.24, 2.45) is 5.92 Å². The Labute approximate surface area is 241 Å². The summed E-state index contributed by atoms with van der Waals surface area (Å²) in [5.74, 6) is 1.96. The predicted octanol–water partition coefficient (Wildman–Crippen LogP) is 10.5. The second-order valence-electron chi connectivity index (χ2n) is 11.0. The van der Waals surface area contributed by atoms with Gasteiger partial charge in [0.25, 0.3) is 0 Å². The van der Waals surface area contributed by atoms with E-state index in [0.29, 0.717) is 22.2 Å². The number of phenols is 1. The molecule has 3 aromatic carbocycles. The summed E-state index contributed by atoms with van der Waals surface area (Å²) in [6.45, 7) is -0.191. The molecule has 1 fully saturated rings. The monoisotopic (exact) mass is 566 g/mol. The van der Waals surface area contributed by atoms with Crippen molar-refractivity contribution in [3.8, 4) is 11.5 Å². The Morgan fingerprint density at radius 1 is 0.795 bits per heavy atom. The van der Waals surface area contributed by atoms with Crippen molar-refractivity contribution in [2.75, 3.05) is 6.67 Å². The number of allylic oxidation sites excluding steroid dienone is 1. The number of hydrogen-bond acceptors (Lipinski definition) is 2. The maximum Gasteiger partial charge on any atom is 0.119 e. The molecule has 39 heavy (non-hydrogen) atoms. The molecule has 0 amide bonds. The Bertz CT molecular complexity index is 1290. The van der Waals surface area contributed by atoms with Crippen LogP contribution in [0.1, 0.15) is 86.5 Å². The van der Waals surface area contributed by atoms with Crippen LogP contribution in [0.25, 0.3) is 11.1 Å². The standard InChI is InChI=1S/C34H37Cl2FO2/c35-32-19-12-26(22-33(32)36)30-7-4-6-25-21-27(38)13-18-31(25)34(30)24-10-16-29(17-11-24)39-28-14-8-23(9-15-28)5-2-1-3-20-37/h10-13,16-19,21-23,28,38H,1-9,14-15,20H2. The fourth-order valence-corrected chi connectivity index (χ4v) is 6.51. The summed E-state index contributed by atoms with van der Waals surface area (Å²) in [6, 6.07) is 20.0. The summed E-state index contributed by atoms with van der Waals surface area (Å²) in [5, 5.41) is 11.3. The van der Waals surface area contributed by atoms with Crippen molar-refractivity contribution in [3.05, 3.63) is 93.0 Å². The Balaban J connectivity index is 1.36. The zero-order valence-electron chi connectivity index (χ0n) is 22.4. The molecule has 2 aliphatic carbocycles. The quantitative estimate of drug-likeness (QED) is 0.261. The molecular weight excluding hydrogens is 530 g/mol. The van der Waals surface area contributed by atoms with Crippen LogP contribution in [0.4, 0.5) is 4.39 Å². The second-order valence-corrected chi connectivity index (χ2v) is 11.8. The highest BCUT2D eigenvalue weighted by Gasteiger charge is 2.23. The van der Waals surface area contributed by atoms with Gasteiger partial charge in [0.1, 0.15) is 11.5 Å². The van der Waals surface area contributed by atoms with Gasteiger partial charge in [0, 0.05) is 0 Å². The first-order chi connectivity index (χ1) is 19.0. The average molecular weight is 568 g/mol. The van der Waals surface area contributed by atoms with Crippen molar-refractivity contribution in [1.29, 1.82) is 0 Å². The summed E-state index contributed by atoms with van der Waals surface area (Å²) in [5.41, 5.74) is 6.89. The van der Waals surface area contributed by atoms with Crippen molar-refractivity contribution in [3.63, 3.8) is 0 Å². The molecule has 0 heterocycles. The lowest BCUT2D eigenvalue weighted by Gasteiger charge is -2.29. The largest absolute Gasteiger partial charge is 0.508 e. The molecule has 3 aromatic rings. The van der Waals surface area contributed by atoms with Gasteiger partial charge in [0.05, 0.1) is 22.8 Å². The molecule has 206 valence electrons. The van der Waals surface area contributed by atoms with Gasteiger partial charge in [-0.2, -0.15) is 0 Å². The first kappa shape index (κ1) is 28.1. The van der Waals surface area contributed by atoms with E-state index in [0.717, 1.165) is 78.9 Å². The van der Waals surface area contributed by atoms with E-state index in [4.69, 9.17) is 27.9 Å². The van der Waals surface area contributed by atoms with Gasteiger partial charge in [-0.15, -0.1) is 0 Å². The number of alkyl halides is 1. The first-order valence-electron chi connectivity index (χ1n) is 14.4. The minimum absolute atomic E-state index is 0.191. The van der Waals surface area contributed by atoms with Crippen LogP contribution in [-0.4, -0.2) is 17.9 Å². The molecule has 0 aromatic heterocycles. The molecule has 0 bridgehead atoms. The summed E-state index contributed by atoms with van der Waals surface area (Å²) in [6.07, 6.45) is 11.7. The van der Waals surface area contributed by atoms with E-state index in [9.17, 15) is 9.50 Å². The molecule has 1 saturated carbocycles. The smallest absolute Gasteiger partial charge is 0.119 e. The van der Waals surface area contributed by atoms with Gasteiger partial charge in [-0.1, -0.05) is 66.7 Å². The summed E-state index contributed by atoms with van der Waals surface area (Å²) < 4.78 is 18.7. The molecule has 0 unspecified atom stereocenters. The van der Waals surface area contributed by atoms with E-state index in [1.54, 1.807) is 6.07 Å². The number of aromatic hydroxyl groups is 1. The van der Waals surface area contributed by atoms with Gasteiger partial charge in [0.2, 0.25) is 0 Å². The molecule has 0 radical (unpaired) electrons. The van der Waals surface area contributed by atoms with Crippen LogP contribution in [0, 0.1) is 5.92 Å². The topological polar surface area (TPSA) is 29.5 Å². The Morgan fingerprint density at radius 3 is 2.31 bits per heavy atom. The van der Waals surface area contributed by atoms with E-state index >= 15 is 0 Å². The molecule has 2 aliphatic rings. The van der Waals surface area contributed by atoms with Gasteiger partial charge in [-0.05, 0) is 127 Å². The lowest BCUT2D eigenvalue weighted by molar-refractivity contribution is 0.127. The predicted molar refractivity (Wildman–Crippen MR) is 161 cm³/mol. The molecule has 2 nitrogen and oxygen atoms in total. The maximum absolute atomic E-state index is 12.3. The molecule has 1 N–H and O–H groups in total. The third-order valence-electron chi connectivity index (χ3n) is 8.29. The number of benzene rings is 3. The highest BCUT2D eigenvalue weighted by molar-refractivity contribution is 6.42. The minimum atomic E-state index is -0.191. The third kappa shape index (κ3) is 6.99. The van der Waals surface area contributed by atoms with E-state index in [2.05, 4.69) is 24.3 Å². The van der Waals surface area contributed by atoms with Crippen LogP contribution in [0.15, 0.2) is 60.7 Å². The van der Waals surface area contributed by atoms with Crippen LogP contribution in [-0.2, 0) is 6.42 Å². The van der Waals surface area contributed by atoms with Crippen LogP contribution in [0.5, 0.6) is 11.5 Å². The van der Waals surface area contributed by atoms with E-state index < -0.39 is 0 Å². The number of fused-ring (bicyclic) bond motifs is 1. The molecule has 0 aliphatic heterocycles. The van der Waals surface area contributed by atoms with Crippen molar-refractivity contribution in [1.82, 2.24) is 0 Å². The number of hydrogen-bond donors (Lipinski definition) is 1. The molecule has 0 spiro atoms. The number of unbranched alkanes of at least 4 members (excludes halogenated alkanes) is 2. The lowest BCUT2D eigenvalue weighted by Crippen LogP contribution is -2.24. The SMILES string of the molecule is Oc1ccc2c(c1)CCCC(c1ccc(Cl)c(Cl)c1)=C2c1ccc(OC2CCC(CCCCCF)CC2)cc1. The fraction of sp³-hybridized carbons (Fsp3) is 0.412. The molecule has 5 rings (SSSR count). The molecule has 0 atom stereocenters. The Kier molecular flexibility index (Phi) is 9.53. The number of ether oxygens (including phenoxy) is 1. The summed E-state index contributed by atoms with van der Waals surface area (Å²) in [7, 11) is 0. The van der Waals surface area contributed by atoms with Gasteiger partial charge in [-0.3, -0.25) is 4.39 Å². The zero-order valence-corrected chi connectivity index (χ0v) is 23.9. The molecule has 0 saturated heterocycles. The minimum Gasteiger partial charge on any atom is -0.508 e. The number of rotatable bonds is 9. The van der Waals surface area contributed by atoms with Gasteiger partial charge in [-0.25, -0.2) is 0 Å². The first-order valence-corrected chi connectivity index (χ1v) is 15.1. The average Bonchev–Trinajstić information content (AvgIpc) is 3.13. The van der Waals surface area contributed by atoms with Crippen molar-refractivity contribution >= 4 is 34.3 Å². The van der Waals surface area contributed by atoms with E-state index in [-0.39, 0.29) is 12.8 Å². The summed E-state index contributed by atoms with van der Waals surface area (Å²) >= 11 is 12.7. The van der Waals surface area contributed by atoms with Gasteiger partial charge in [0.15, 0.2) is 0 Å². The fourth-order valence-electron chi connectivity index (χ4n) is 6.21. The highest BCUT2D eigenvalue weighted by Crippen LogP contribution is 2.42. The Morgan fingerprint density at radius 2 is 1.56 bits per heavy atom. The second kappa shape index (κ2) is 13.2. The van der Waals surface area contributed by atoms with Crippen LogP contribution in [0.3, 0.4) is 0 Å². The van der Waals surface area contributed by atoms with Crippen LogP contribution in [0.2, 0.25) is 10.0 Å². The van der Waals surface area contributed by atoms with Crippen molar-refractivity contribution < 1.29 is 14.2 Å². The zero-order chi connectivity index (χ0) is 27.2. The van der Waals surface area contributed by atoms with Crippen molar-refractivity contribution in [2.45, 2.75) is 76.7 Å². The number of halogens is 3. The van der Waals surface area contributed by atoms with Gasteiger partial charge >= 0.3 is 0 Å². The summed E-state index contributed by atoms with van der Waals surface area (Å²) in [4.78, 5) is 0.